The van der Waals surface area contributed by atoms with Gasteiger partial charge in [-0.15, -0.1) is 11.3 Å². The fraction of sp³-hybridized carbons (Fsp3) is 0.538. The van der Waals surface area contributed by atoms with Crippen LogP contribution in [0.15, 0.2) is 6.07 Å². The molecule has 0 aliphatic carbocycles. The molecule has 0 saturated heterocycles. The first-order chi connectivity index (χ1) is 9.24. The molecule has 6 heteroatoms. The topological polar surface area (TPSA) is 47.0 Å². The van der Waals surface area contributed by atoms with Crippen molar-refractivity contribution in [1.82, 2.24) is 9.97 Å². The van der Waals surface area contributed by atoms with Crippen molar-refractivity contribution in [2.75, 3.05) is 25.1 Å². The summed E-state index contributed by atoms with van der Waals surface area (Å²) in [6.45, 7) is 6.47. The smallest absolute Gasteiger partial charge is 0.225 e. The predicted molar refractivity (Wildman–Crippen MR) is 81.4 cm³/mol. The van der Waals surface area contributed by atoms with E-state index >= 15 is 0 Å². The molecule has 0 unspecified atom stereocenters. The number of anilines is 1. The van der Waals surface area contributed by atoms with E-state index in [4.69, 9.17) is 16.3 Å². The SMILES string of the molecule is CCOCCCNc1nc(Cl)nc2sc(CC)cc12. The molecule has 19 heavy (non-hydrogen) atoms. The van der Waals surface area contributed by atoms with Crippen LogP contribution in [0.1, 0.15) is 25.1 Å². The van der Waals surface area contributed by atoms with E-state index in [0.29, 0.717) is 5.28 Å². The van der Waals surface area contributed by atoms with Gasteiger partial charge in [0.1, 0.15) is 10.6 Å². The Hall–Kier alpha value is -0.910. The lowest BCUT2D eigenvalue weighted by Gasteiger charge is -2.06. The van der Waals surface area contributed by atoms with Gasteiger partial charge in [-0.05, 0) is 37.4 Å². The monoisotopic (exact) mass is 299 g/mol. The summed E-state index contributed by atoms with van der Waals surface area (Å²) in [5, 5.41) is 4.67. The molecule has 1 N–H and O–H groups in total. The van der Waals surface area contributed by atoms with Crippen molar-refractivity contribution >= 4 is 39.0 Å². The Morgan fingerprint density at radius 1 is 1.37 bits per heavy atom. The fourth-order valence-corrected chi connectivity index (χ4v) is 2.97. The molecule has 0 aromatic carbocycles. The molecule has 2 aromatic rings. The first-order valence-electron chi connectivity index (χ1n) is 6.52. The number of fused-ring (bicyclic) bond motifs is 1. The first-order valence-corrected chi connectivity index (χ1v) is 7.71. The number of hydrogen-bond acceptors (Lipinski definition) is 5. The minimum Gasteiger partial charge on any atom is -0.382 e. The Kier molecular flexibility index (Phi) is 5.36. The molecule has 0 radical (unpaired) electrons. The zero-order valence-electron chi connectivity index (χ0n) is 11.2. The number of hydrogen-bond donors (Lipinski definition) is 1. The highest BCUT2D eigenvalue weighted by Gasteiger charge is 2.10. The van der Waals surface area contributed by atoms with Gasteiger partial charge in [-0.3, -0.25) is 0 Å². The van der Waals surface area contributed by atoms with Gasteiger partial charge in [0.05, 0.1) is 5.39 Å². The number of thiophene rings is 1. The van der Waals surface area contributed by atoms with Crippen molar-refractivity contribution in [3.63, 3.8) is 0 Å². The molecule has 104 valence electrons. The van der Waals surface area contributed by atoms with Crippen molar-refractivity contribution < 1.29 is 4.74 Å². The lowest BCUT2D eigenvalue weighted by molar-refractivity contribution is 0.147. The molecule has 0 atom stereocenters. The van der Waals surface area contributed by atoms with Gasteiger partial charge in [0.25, 0.3) is 0 Å². The highest BCUT2D eigenvalue weighted by atomic mass is 35.5. The highest BCUT2D eigenvalue weighted by molar-refractivity contribution is 7.18. The summed E-state index contributed by atoms with van der Waals surface area (Å²) in [6, 6.07) is 2.14. The van der Waals surface area contributed by atoms with Gasteiger partial charge in [-0.2, -0.15) is 0 Å². The average Bonchev–Trinajstić information content (AvgIpc) is 2.81. The standard InChI is InChI=1S/C13H18ClN3OS/c1-3-9-8-10-11(15-6-5-7-18-4-2)16-13(14)17-12(10)19-9/h8H,3-7H2,1-2H3,(H,15,16,17). The largest absolute Gasteiger partial charge is 0.382 e. The number of halogens is 1. The van der Waals surface area contributed by atoms with Gasteiger partial charge in [-0.25, -0.2) is 9.97 Å². The van der Waals surface area contributed by atoms with E-state index in [1.165, 1.54) is 4.88 Å². The van der Waals surface area contributed by atoms with Gasteiger partial charge in [0.2, 0.25) is 5.28 Å². The molecule has 4 nitrogen and oxygen atoms in total. The molecule has 0 bridgehead atoms. The van der Waals surface area contributed by atoms with Gasteiger partial charge < -0.3 is 10.1 Å². The van der Waals surface area contributed by atoms with Gasteiger partial charge >= 0.3 is 0 Å². The van der Waals surface area contributed by atoms with Crippen molar-refractivity contribution in [2.45, 2.75) is 26.7 Å². The summed E-state index contributed by atoms with van der Waals surface area (Å²) >= 11 is 7.63. The second-order valence-electron chi connectivity index (χ2n) is 4.10. The Morgan fingerprint density at radius 3 is 2.95 bits per heavy atom. The Labute approximate surface area is 122 Å². The van der Waals surface area contributed by atoms with Crippen molar-refractivity contribution in [3.8, 4) is 0 Å². The van der Waals surface area contributed by atoms with Crippen LogP contribution < -0.4 is 5.32 Å². The van der Waals surface area contributed by atoms with E-state index in [9.17, 15) is 0 Å². The Balaban J connectivity index is 2.10. The van der Waals surface area contributed by atoms with E-state index < -0.39 is 0 Å². The van der Waals surface area contributed by atoms with Gasteiger partial charge in [-0.1, -0.05) is 6.92 Å². The van der Waals surface area contributed by atoms with Gasteiger partial charge in [0, 0.05) is 24.6 Å². The fourth-order valence-electron chi connectivity index (χ4n) is 1.78. The maximum atomic E-state index is 5.96. The number of nitrogens with zero attached hydrogens (tertiary/aromatic N) is 2. The lowest BCUT2D eigenvalue weighted by atomic mass is 10.3. The first kappa shape index (κ1) is 14.5. The third-order valence-corrected chi connectivity index (χ3v) is 4.07. The molecular formula is C13H18ClN3OS. The second kappa shape index (κ2) is 7.03. The third kappa shape index (κ3) is 3.78. The van der Waals surface area contributed by atoms with Crippen molar-refractivity contribution in [1.29, 1.82) is 0 Å². The molecule has 0 amide bonds. The molecule has 0 spiro atoms. The maximum Gasteiger partial charge on any atom is 0.225 e. The quantitative estimate of drug-likeness (QED) is 0.625. The van der Waals surface area contributed by atoms with Crippen molar-refractivity contribution in [3.05, 3.63) is 16.2 Å². The maximum absolute atomic E-state index is 5.96. The summed E-state index contributed by atoms with van der Waals surface area (Å²) in [7, 11) is 0. The molecule has 2 aromatic heterocycles. The minimum absolute atomic E-state index is 0.296. The number of nitrogens with one attached hydrogen (secondary N) is 1. The van der Waals surface area contributed by atoms with E-state index in [2.05, 4.69) is 28.3 Å². The predicted octanol–water partition coefficient (Wildman–Crippen LogP) is 3.75. The summed E-state index contributed by atoms with van der Waals surface area (Å²) < 4.78 is 5.31. The van der Waals surface area contributed by atoms with E-state index in [1.54, 1.807) is 11.3 Å². The van der Waals surface area contributed by atoms with E-state index in [1.807, 2.05) is 6.92 Å². The van der Waals surface area contributed by atoms with Gasteiger partial charge in [0.15, 0.2) is 0 Å². The number of rotatable bonds is 7. The molecule has 0 aliphatic rings. The number of aromatic nitrogens is 2. The molecular weight excluding hydrogens is 282 g/mol. The second-order valence-corrected chi connectivity index (χ2v) is 5.56. The molecule has 0 aliphatic heterocycles. The third-order valence-electron chi connectivity index (χ3n) is 2.73. The van der Waals surface area contributed by atoms with Crippen molar-refractivity contribution in [2.24, 2.45) is 0 Å². The minimum atomic E-state index is 0.296. The van der Waals surface area contributed by atoms with Crippen LogP contribution in [0.25, 0.3) is 10.2 Å². The summed E-state index contributed by atoms with van der Waals surface area (Å²) in [5.74, 6) is 0.822. The van der Waals surface area contributed by atoms with Crippen LogP contribution >= 0.6 is 22.9 Å². The zero-order valence-corrected chi connectivity index (χ0v) is 12.8. The molecule has 0 saturated carbocycles. The van der Waals surface area contributed by atoms with Crippen LogP contribution in [0.3, 0.4) is 0 Å². The summed E-state index contributed by atoms with van der Waals surface area (Å²) in [6.07, 6.45) is 1.95. The average molecular weight is 300 g/mol. The van der Waals surface area contributed by atoms with Crippen LogP contribution in [0.5, 0.6) is 0 Å². The number of ether oxygens (including phenoxy) is 1. The normalized spacial score (nSPS) is 11.1. The number of aryl methyl sites for hydroxylation is 1. The van der Waals surface area contributed by atoms with Crippen LogP contribution in [-0.2, 0) is 11.2 Å². The highest BCUT2D eigenvalue weighted by Crippen LogP contribution is 2.30. The molecule has 0 fully saturated rings. The van der Waals surface area contributed by atoms with Crippen LogP contribution in [0.4, 0.5) is 5.82 Å². The summed E-state index contributed by atoms with van der Waals surface area (Å²) in [4.78, 5) is 10.8. The van der Waals surface area contributed by atoms with Crippen LogP contribution in [-0.4, -0.2) is 29.7 Å². The van der Waals surface area contributed by atoms with E-state index in [0.717, 1.165) is 48.6 Å². The Morgan fingerprint density at radius 2 is 2.21 bits per heavy atom. The zero-order chi connectivity index (χ0) is 13.7. The van der Waals surface area contributed by atoms with Crippen LogP contribution in [0, 0.1) is 0 Å². The summed E-state index contributed by atoms with van der Waals surface area (Å²) in [5.41, 5.74) is 0. The van der Waals surface area contributed by atoms with E-state index in [-0.39, 0.29) is 0 Å². The molecule has 2 heterocycles. The molecule has 2 rings (SSSR count). The lowest BCUT2D eigenvalue weighted by Crippen LogP contribution is -2.07. The van der Waals surface area contributed by atoms with Crippen LogP contribution in [0.2, 0.25) is 5.28 Å². The Bertz CT molecular complexity index is 544.